The van der Waals surface area contributed by atoms with E-state index in [0.29, 0.717) is 11.9 Å². The molecule has 28 heavy (non-hydrogen) atoms. The molecule has 5 nitrogen and oxygen atoms in total. The number of aliphatic hydroxyl groups excluding tert-OH is 1. The van der Waals surface area contributed by atoms with Crippen LogP contribution < -0.4 is 5.32 Å². The number of anilines is 1. The fraction of sp³-hybridized carbons (Fsp3) is 0.500. The molecule has 2 aromatic heterocycles. The van der Waals surface area contributed by atoms with Crippen LogP contribution in [0.4, 0.5) is 5.95 Å². The molecule has 2 N–H and O–H groups in total. The van der Waals surface area contributed by atoms with E-state index in [2.05, 4.69) is 55.3 Å². The average Bonchev–Trinajstić information content (AvgIpc) is 3.05. The molecule has 0 unspecified atom stereocenters. The van der Waals surface area contributed by atoms with E-state index >= 15 is 0 Å². The van der Waals surface area contributed by atoms with Crippen molar-refractivity contribution in [1.29, 1.82) is 0 Å². The summed E-state index contributed by atoms with van der Waals surface area (Å²) in [6.07, 6.45) is 4.39. The number of nitrogens with one attached hydrogen (secondary N) is 1. The Labute approximate surface area is 171 Å². The van der Waals surface area contributed by atoms with Gasteiger partial charge in [0.05, 0.1) is 20.9 Å². The summed E-state index contributed by atoms with van der Waals surface area (Å²) in [5.74, 6) is 1.22. The second-order valence-corrected chi connectivity index (χ2v) is 8.68. The summed E-state index contributed by atoms with van der Waals surface area (Å²) in [4.78, 5) is 14.2. The molecular formula is C22H30N4OS. The molecule has 0 aliphatic rings. The normalized spacial score (nSPS) is 11.5. The first-order valence-electron chi connectivity index (χ1n) is 10.2. The summed E-state index contributed by atoms with van der Waals surface area (Å²) in [7, 11) is 0. The van der Waals surface area contributed by atoms with Gasteiger partial charge in [0.25, 0.3) is 0 Å². The molecule has 0 aliphatic carbocycles. The molecule has 2 heterocycles. The maximum absolute atomic E-state index is 8.94. The first kappa shape index (κ1) is 20.7. The smallest absolute Gasteiger partial charge is 0.223 e. The average molecular weight is 399 g/mol. The van der Waals surface area contributed by atoms with Crippen LogP contribution in [0.1, 0.15) is 55.6 Å². The van der Waals surface area contributed by atoms with Gasteiger partial charge < -0.3 is 10.4 Å². The number of aliphatic hydroxyl groups is 1. The summed E-state index contributed by atoms with van der Waals surface area (Å²) < 4.78 is 1.24. The van der Waals surface area contributed by atoms with Crippen molar-refractivity contribution in [2.75, 3.05) is 18.5 Å². The largest absolute Gasteiger partial charge is 0.396 e. The number of thiazole rings is 1. The van der Waals surface area contributed by atoms with E-state index in [1.165, 1.54) is 10.3 Å². The minimum Gasteiger partial charge on any atom is -0.396 e. The lowest BCUT2D eigenvalue weighted by atomic mass is 10.1. The van der Waals surface area contributed by atoms with Crippen LogP contribution >= 0.6 is 11.3 Å². The summed E-state index contributed by atoms with van der Waals surface area (Å²) in [6.45, 7) is 7.57. The Bertz CT molecular complexity index is 907. The van der Waals surface area contributed by atoms with Crippen LogP contribution in [0.25, 0.3) is 10.2 Å². The minimum absolute atomic E-state index is 0.221. The van der Waals surface area contributed by atoms with Gasteiger partial charge in [0.2, 0.25) is 5.95 Å². The lowest BCUT2D eigenvalue weighted by Gasteiger charge is -2.10. The fourth-order valence-electron chi connectivity index (χ4n) is 3.15. The van der Waals surface area contributed by atoms with Gasteiger partial charge in [-0.3, -0.25) is 0 Å². The fourth-order valence-corrected chi connectivity index (χ4v) is 4.20. The third kappa shape index (κ3) is 5.72. The SMILES string of the molecule is CCc1ccc2nc(Cc3cc(CC(C)C)nc(NCCCCO)n3)sc2c1. The monoisotopic (exact) mass is 398 g/mol. The van der Waals surface area contributed by atoms with Crippen molar-refractivity contribution < 1.29 is 5.11 Å². The summed E-state index contributed by atoms with van der Waals surface area (Å²) in [6, 6.07) is 8.63. The van der Waals surface area contributed by atoms with E-state index in [9.17, 15) is 0 Å². The molecule has 0 spiro atoms. The molecule has 3 aromatic rings. The molecule has 0 saturated heterocycles. The van der Waals surface area contributed by atoms with E-state index < -0.39 is 0 Å². The molecule has 6 heteroatoms. The molecule has 0 radical (unpaired) electrons. The molecule has 0 fully saturated rings. The Balaban J connectivity index is 1.80. The number of fused-ring (bicyclic) bond motifs is 1. The highest BCUT2D eigenvalue weighted by Crippen LogP contribution is 2.25. The third-order valence-electron chi connectivity index (χ3n) is 4.56. The Kier molecular flexibility index (Phi) is 7.34. The van der Waals surface area contributed by atoms with Crippen LogP contribution in [-0.4, -0.2) is 33.2 Å². The number of nitrogens with zero attached hydrogens (tertiary/aromatic N) is 3. The first-order valence-corrected chi connectivity index (χ1v) is 11.0. The molecule has 0 aliphatic heterocycles. The van der Waals surface area contributed by atoms with Gasteiger partial charge in [0, 0.05) is 25.3 Å². The standard InChI is InChI=1S/C22H30N4OS/c1-4-16-7-8-19-20(12-16)28-21(26-19)14-18-13-17(11-15(2)3)24-22(25-18)23-9-5-6-10-27/h7-8,12-13,15,27H,4-6,9-11,14H2,1-3H3,(H,23,24,25). The summed E-state index contributed by atoms with van der Waals surface area (Å²) >= 11 is 1.75. The van der Waals surface area contributed by atoms with Gasteiger partial charge >= 0.3 is 0 Å². The van der Waals surface area contributed by atoms with Gasteiger partial charge in [-0.25, -0.2) is 15.0 Å². The number of aryl methyl sites for hydroxylation is 1. The van der Waals surface area contributed by atoms with Gasteiger partial charge in [-0.1, -0.05) is 26.8 Å². The Hall–Kier alpha value is -2.05. The van der Waals surface area contributed by atoms with Crippen molar-refractivity contribution in [3.8, 4) is 0 Å². The Morgan fingerprint density at radius 1 is 1.07 bits per heavy atom. The van der Waals surface area contributed by atoms with Crippen LogP contribution in [-0.2, 0) is 19.3 Å². The van der Waals surface area contributed by atoms with Crippen LogP contribution in [0.5, 0.6) is 0 Å². The predicted molar refractivity (Wildman–Crippen MR) is 117 cm³/mol. The first-order chi connectivity index (χ1) is 13.6. The Morgan fingerprint density at radius 3 is 2.64 bits per heavy atom. The van der Waals surface area contributed by atoms with Gasteiger partial charge in [-0.15, -0.1) is 11.3 Å². The Morgan fingerprint density at radius 2 is 1.89 bits per heavy atom. The van der Waals surface area contributed by atoms with Gasteiger partial charge in [0.15, 0.2) is 0 Å². The second kappa shape index (κ2) is 9.94. The number of hydrogen-bond donors (Lipinski definition) is 2. The van der Waals surface area contributed by atoms with Crippen molar-refractivity contribution >= 4 is 27.5 Å². The van der Waals surface area contributed by atoms with E-state index in [1.807, 2.05) is 0 Å². The molecule has 0 saturated carbocycles. The molecule has 3 rings (SSSR count). The molecule has 0 atom stereocenters. The zero-order valence-electron chi connectivity index (χ0n) is 17.0. The highest BCUT2D eigenvalue weighted by atomic mass is 32.1. The van der Waals surface area contributed by atoms with E-state index in [1.54, 1.807) is 11.3 Å². The summed E-state index contributed by atoms with van der Waals surface area (Å²) in [5.41, 5.74) is 4.48. The number of unbranched alkanes of at least 4 members (excludes halogenated alkanes) is 1. The third-order valence-corrected chi connectivity index (χ3v) is 5.57. The number of rotatable bonds is 10. The number of aromatic nitrogens is 3. The molecular weight excluding hydrogens is 368 g/mol. The zero-order valence-corrected chi connectivity index (χ0v) is 17.9. The maximum atomic E-state index is 8.94. The molecule has 0 amide bonds. The highest BCUT2D eigenvalue weighted by Gasteiger charge is 2.11. The van der Waals surface area contributed by atoms with Gasteiger partial charge in [0.1, 0.15) is 0 Å². The summed E-state index contributed by atoms with van der Waals surface area (Å²) in [5, 5.41) is 13.3. The lowest BCUT2D eigenvalue weighted by Crippen LogP contribution is -2.10. The van der Waals surface area contributed by atoms with Crippen LogP contribution in [0.2, 0.25) is 0 Å². The van der Waals surface area contributed by atoms with E-state index in [4.69, 9.17) is 15.1 Å². The van der Waals surface area contributed by atoms with Crippen LogP contribution in [0.15, 0.2) is 24.3 Å². The quantitative estimate of drug-likeness (QED) is 0.488. The highest BCUT2D eigenvalue weighted by molar-refractivity contribution is 7.18. The van der Waals surface area contributed by atoms with Crippen molar-refractivity contribution in [1.82, 2.24) is 15.0 Å². The molecule has 1 aromatic carbocycles. The maximum Gasteiger partial charge on any atom is 0.223 e. The van der Waals surface area contributed by atoms with Gasteiger partial charge in [-0.2, -0.15) is 0 Å². The van der Waals surface area contributed by atoms with E-state index in [0.717, 1.165) is 60.6 Å². The molecule has 0 bridgehead atoms. The van der Waals surface area contributed by atoms with Crippen molar-refractivity contribution in [2.24, 2.45) is 5.92 Å². The minimum atomic E-state index is 0.221. The van der Waals surface area contributed by atoms with Crippen molar-refractivity contribution in [3.05, 3.63) is 46.2 Å². The van der Waals surface area contributed by atoms with E-state index in [-0.39, 0.29) is 6.61 Å². The van der Waals surface area contributed by atoms with Gasteiger partial charge in [-0.05, 0) is 55.4 Å². The van der Waals surface area contributed by atoms with Crippen molar-refractivity contribution in [3.63, 3.8) is 0 Å². The number of benzene rings is 1. The topological polar surface area (TPSA) is 70.9 Å². The van der Waals surface area contributed by atoms with Crippen LogP contribution in [0, 0.1) is 5.92 Å². The second-order valence-electron chi connectivity index (χ2n) is 7.57. The van der Waals surface area contributed by atoms with Crippen LogP contribution in [0.3, 0.4) is 0 Å². The zero-order chi connectivity index (χ0) is 19.9. The molecule has 150 valence electrons. The predicted octanol–water partition coefficient (Wildman–Crippen LogP) is 4.62. The van der Waals surface area contributed by atoms with Crippen molar-refractivity contribution in [2.45, 2.75) is 52.9 Å². The lowest BCUT2D eigenvalue weighted by molar-refractivity contribution is 0.286. The number of hydrogen-bond acceptors (Lipinski definition) is 6.